The third-order valence-corrected chi connectivity index (χ3v) is 3.85. The minimum Gasteiger partial charge on any atom is -0.394 e. The molecule has 106 valence electrons. The van der Waals surface area contributed by atoms with E-state index >= 15 is 0 Å². The normalized spacial score (nSPS) is 18.2. The van der Waals surface area contributed by atoms with Gasteiger partial charge >= 0.3 is 0 Å². The van der Waals surface area contributed by atoms with Crippen molar-refractivity contribution >= 4 is 5.82 Å². The number of nitrogens with zero attached hydrogens (tertiary/aromatic N) is 2. The van der Waals surface area contributed by atoms with Crippen LogP contribution in [-0.4, -0.2) is 27.7 Å². The Morgan fingerprint density at radius 3 is 2.79 bits per heavy atom. The number of aliphatic hydroxyl groups excluding tert-OH is 1. The monoisotopic (exact) mass is 264 g/mol. The smallest absolute Gasteiger partial charge is 0.129 e. The summed E-state index contributed by atoms with van der Waals surface area (Å²) in [7, 11) is 0. The molecule has 1 saturated carbocycles. The average molecular weight is 264 g/mol. The van der Waals surface area contributed by atoms with Crippen molar-refractivity contribution in [3.63, 3.8) is 0 Å². The number of nitrogens with one attached hydrogen (secondary N) is 1. The van der Waals surface area contributed by atoms with E-state index in [0.29, 0.717) is 6.54 Å². The molecule has 1 heterocycles. The highest BCUT2D eigenvalue weighted by molar-refractivity contribution is 5.36. The summed E-state index contributed by atoms with van der Waals surface area (Å²) in [4.78, 5) is 8.25. The average Bonchev–Trinajstić information content (AvgIpc) is 2.48. The third-order valence-electron chi connectivity index (χ3n) is 3.85. The molecule has 19 heavy (non-hydrogen) atoms. The first-order valence-electron chi connectivity index (χ1n) is 7.20. The molecule has 1 fully saturated rings. The number of rotatable bonds is 6. The topological polar surface area (TPSA) is 84.1 Å². The standard InChI is InChI=1S/C14H24N4O/c15-8-12-7-14(17-10-16-12)18-13(9-19)6-11-4-2-1-3-5-11/h7,10-11,13,19H,1-6,8-9,15H2,(H,16,17,18)/t13-/m0/s1. The van der Waals surface area contributed by atoms with E-state index in [1.54, 1.807) is 0 Å². The van der Waals surface area contributed by atoms with E-state index in [9.17, 15) is 5.11 Å². The molecule has 1 aromatic heterocycles. The molecule has 0 radical (unpaired) electrons. The highest BCUT2D eigenvalue weighted by Crippen LogP contribution is 2.27. The van der Waals surface area contributed by atoms with Crippen molar-refractivity contribution in [3.05, 3.63) is 18.1 Å². The fraction of sp³-hybridized carbons (Fsp3) is 0.714. The maximum atomic E-state index is 9.51. The van der Waals surface area contributed by atoms with Gasteiger partial charge in [-0.2, -0.15) is 0 Å². The van der Waals surface area contributed by atoms with Gasteiger partial charge in [-0.3, -0.25) is 0 Å². The molecule has 0 bridgehead atoms. The van der Waals surface area contributed by atoms with Crippen LogP contribution in [-0.2, 0) is 6.54 Å². The SMILES string of the molecule is NCc1cc(N[C@H](CO)CC2CCCCC2)ncn1. The van der Waals surface area contributed by atoms with Crippen molar-refractivity contribution in [2.45, 2.75) is 51.1 Å². The van der Waals surface area contributed by atoms with Gasteiger partial charge in [-0.15, -0.1) is 0 Å². The van der Waals surface area contributed by atoms with Crippen LogP contribution in [0.15, 0.2) is 12.4 Å². The Labute approximate surface area is 114 Å². The van der Waals surface area contributed by atoms with Gasteiger partial charge in [0.05, 0.1) is 18.3 Å². The van der Waals surface area contributed by atoms with E-state index in [1.807, 2.05) is 6.07 Å². The first kappa shape index (κ1) is 14.2. The maximum Gasteiger partial charge on any atom is 0.129 e. The number of anilines is 1. The zero-order valence-corrected chi connectivity index (χ0v) is 11.4. The predicted molar refractivity (Wildman–Crippen MR) is 75.6 cm³/mol. The second kappa shape index (κ2) is 7.40. The fourth-order valence-corrected chi connectivity index (χ4v) is 2.80. The molecular formula is C14H24N4O. The highest BCUT2D eigenvalue weighted by Gasteiger charge is 2.18. The summed E-state index contributed by atoms with van der Waals surface area (Å²) < 4.78 is 0. The molecule has 0 amide bonds. The van der Waals surface area contributed by atoms with E-state index in [1.165, 1.54) is 38.4 Å². The molecule has 0 unspecified atom stereocenters. The fourth-order valence-electron chi connectivity index (χ4n) is 2.80. The van der Waals surface area contributed by atoms with Crippen LogP contribution in [0.5, 0.6) is 0 Å². The zero-order chi connectivity index (χ0) is 13.5. The number of nitrogens with two attached hydrogens (primary N) is 1. The maximum absolute atomic E-state index is 9.51. The predicted octanol–water partition coefficient (Wildman–Crippen LogP) is 1.68. The van der Waals surface area contributed by atoms with E-state index in [2.05, 4.69) is 15.3 Å². The summed E-state index contributed by atoms with van der Waals surface area (Å²) in [6, 6.07) is 1.92. The number of aliphatic hydroxyl groups is 1. The molecule has 1 aliphatic rings. The first-order valence-corrected chi connectivity index (χ1v) is 7.20. The molecule has 0 spiro atoms. The van der Waals surface area contributed by atoms with Gasteiger partial charge < -0.3 is 16.2 Å². The van der Waals surface area contributed by atoms with Crippen LogP contribution in [0, 0.1) is 5.92 Å². The Morgan fingerprint density at radius 2 is 2.11 bits per heavy atom. The van der Waals surface area contributed by atoms with Crippen molar-refractivity contribution < 1.29 is 5.11 Å². The lowest BCUT2D eigenvalue weighted by atomic mass is 9.85. The van der Waals surface area contributed by atoms with Crippen LogP contribution >= 0.6 is 0 Å². The Balaban J connectivity index is 1.90. The molecule has 4 N–H and O–H groups in total. The molecule has 1 atom stereocenters. The second-order valence-corrected chi connectivity index (χ2v) is 5.36. The van der Waals surface area contributed by atoms with Gasteiger partial charge in [-0.25, -0.2) is 9.97 Å². The molecule has 2 rings (SSSR count). The Hall–Kier alpha value is -1.20. The summed E-state index contributed by atoms with van der Waals surface area (Å²) in [6.45, 7) is 0.544. The van der Waals surface area contributed by atoms with Gasteiger partial charge in [-0.1, -0.05) is 32.1 Å². The minimum absolute atomic E-state index is 0.0728. The Kier molecular flexibility index (Phi) is 5.54. The van der Waals surface area contributed by atoms with Gasteiger partial charge in [-0.05, 0) is 12.3 Å². The second-order valence-electron chi connectivity index (χ2n) is 5.36. The minimum atomic E-state index is 0.0728. The summed E-state index contributed by atoms with van der Waals surface area (Å²) >= 11 is 0. The van der Waals surface area contributed by atoms with E-state index in [-0.39, 0.29) is 12.6 Å². The first-order chi connectivity index (χ1) is 9.31. The Bertz CT molecular complexity index is 379. The number of aromatic nitrogens is 2. The van der Waals surface area contributed by atoms with Crippen molar-refractivity contribution in [3.8, 4) is 0 Å². The molecule has 0 saturated heterocycles. The highest BCUT2D eigenvalue weighted by atomic mass is 16.3. The molecule has 0 aromatic carbocycles. The molecular weight excluding hydrogens is 240 g/mol. The van der Waals surface area contributed by atoms with Crippen molar-refractivity contribution in [2.75, 3.05) is 11.9 Å². The zero-order valence-electron chi connectivity index (χ0n) is 11.4. The summed E-state index contributed by atoms with van der Waals surface area (Å²) in [6.07, 6.45) is 9.12. The molecule has 5 nitrogen and oxygen atoms in total. The van der Waals surface area contributed by atoms with Gasteiger partial charge in [0.1, 0.15) is 12.1 Å². The van der Waals surface area contributed by atoms with Crippen LogP contribution < -0.4 is 11.1 Å². The lowest BCUT2D eigenvalue weighted by molar-refractivity contribution is 0.236. The molecule has 0 aliphatic heterocycles. The molecule has 5 heteroatoms. The van der Waals surface area contributed by atoms with E-state index < -0.39 is 0 Å². The van der Waals surface area contributed by atoms with Crippen LogP contribution in [0.3, 0.4) is 0 Å². The van der Waals surface area contributed by atoms with Crippen molar-refractivity contribution in [2.24, 2.45) is 11.7 Å². The van der Waals surface area contributed by atoms with Gasteiger partial charge in [0, 0.05) is 12.6 Å². The van der Waals surface area contributed by atoms with E-state index in [0.717, 1.165) is 23.9 Å². The summed E-state index contributed by atoms with van der Waals surface area (Å²) in [5.41, 5.74) is 6.38. The quantitative estimate of drug-likeness (QED) is 0.728. The van der Waals surface area contributed by atoms with E-state index in [4.69, 9.17) is 5.73 Å². The van der Waals surface area contributed by atoms with Crippen molar-refractivity contribution in [1.29, 1.82) is 0 Å². The van der Waals surface area contributed by atoms with Gasteiger partial charge in [0.2, 0.25) is 0 Å². The number of hydrogen-bond donors (Lipinski definition) is 3. The summed E-state index contributed by atoms with van der Waals surface area (Å²) in [5, 5.41) is 12.8. The molecule has 1 aromatic rings. The third kappa shape index (κ3) is 4.44. The largest absolute Gasteiger partial charge is 0.394 e. The van der Waals surface area contributed by atoms with Crippen LogP contribution in [0.25, 0.3) is 0 Å². The van der Waals surface area contributed by atoms with Crippen LogP contribution in [0.1, 0.15) is 44.2 Å². The van der Waals surface area contributed by atoms with Crippen molar-refractivity contribution in [1.82, 2.24) is 9.97 Å². The van der Waals surface area contributed by atoms with Crippen LogP contribution in [0.2, 0.25) is 0 Å². The number of hydrogen-bond acceptors (Lipinski definition) is 5. The lowest BCUT2D eigenvalue weighted by Crippen LogP contribution is -2.28. The lowest BCUT2D eigenvalue weighted by Gasteiger charge is -2.26. The van der Waals surface area contributed by atoms with Gasteiger partial charge in [0.15, 0.2) is 0 Å². The summed E-state index contributed by atoms with van der Waals surface area (Å²) in [5.74, 6) is 1.49. The Morgan fingerprint density at radius 1 is 1.32 bits per heavy atom. The van der Waals surface area contributed by atoms with Gasteiger partial charge in [0.25, 0.3) is 0 Å². The molecule has 1 aliphatic carbocycles. The van der Waals surface area contributed by atoms with Crippen LogP contribution in [0.4, 0.5) is 5.82 Å².